The Morgan fingerprint density at radius 3 is 2.47 bits per heavy atom. The van der Waals surface area contributed by atoms with Gasteiger partial charge in [-0.3, -0.25) is 9.89 Å². The first kappa shape index (κ1) is 29.0. The molecule has 0 spiro atoms. The fourth-order valence-electron chi connectivity index (χ4n) is 4.19. The third-order valence-electron chi connectivity index (χ3n) is 5.76. The van der Waals surface area contributed by atoms with E-state index in [1.807, 2.05) is 18.2 Å². The molecule has 1 fully saturated rings. The van der Waals surface area contributed by atoms with E-state index in [2.05, 4.69) is 53.4 Å². The van der Waals surface area contributed by atoms with Crippen molar-refractivity contribution in [2.75, 3.05) is 46.3 Å². The van der Waals surface area contributed by atoms with Crippen molar-refractivity contribution in [1.29, 1.82) is 0 Å². The summed E-state index contributed by atoms with van der Waals surface area (Å²) in [6.45, 7) is 10.5. The van der Waals surface area contributed by atoms with Crippen molar-refractivity contribution in [3.05, 3.63) is 35.9 Å². The monoisotopic (exact) mass is 569 g/mol. The number of nitrogens with one attached hydrogen (secondary N) is 2. The Bertz CT molecular complexity index is 697. The molecule has 0 aromatic heterocycles. The van der Waals surface area contributed by atoms with Crippen LogP contribution in [0.2, 0.25) is 0 Å². The summed E-state index contributed by atoms with van der Waals surface area (Å²) in [6, 6.07) is 10.5. The van der Waals surface area contributed by atoms with Gasteiger partial charge in [-0.1, -0.05) is 37.3 Å². The summed E-state index contributed by atoms with van der Waals surface area (Å²) in [4.78, 5) is 8.06. The van der Waals surface area contributed by atoms with E-state index in [9.17, 15) is 13.2 Å². The van der Waals surface area contributed by atoms with Crippen LogP contribution in [0, 0.1) is 5.92 Å². The van der Waals surface area contributed by atoms with E-state index in [-0.39, 0.29) is 41.5 Å². The van der Waals surface area contributed by atoms with Crippen LogP contribution in [0.5, 0.6) is 0 Å². The van der Waals surface area contributed by atoms with Crippen LogP contribution >= 0.6 is 24.0 Å². The van der Waals surface area contributed by atoms with Gasteiger partial charge in [-0.15, -0.1) is 24.0 Å². The zero-order valence-electron chi connectivity index (χ0n) is 19.9. The van der Waals surface area contributed by atoms with Crippen LogP contribution in [0.3, 0.4) is 0 Å². The first-order chi connectivity index (χ1) is 14.5. The number of hydrogen-bond donors (Lipinski definition) is 2. The number of halogens is 4. The van der Waals surface area contributed by atoms with Gasteiger partial charge in [-0.25, -0.2) is 0 Å². The first-order valence-corrected chi connectivity index (χ1v) is 11.1. The Hall–Kier alpha value is -1.07. The Balaban J connectivity index is 0.00000512. The molecule has 2 rings (SSSR count). The molecule has 9 heteroatoms. The van der Waals surface area contributed by atoms with Gasteiger partial charge in [-0.2, -0.15) is 13.2 Å². The third kappa shape index (κ3) is 9.82. The highest BCUT2D eigenvalue weighted by Gasteiger charge is 2.33. The molecule has 1 aromatic rings. The summed E-state index contributed by atoms with van der Waals surface area (Å²) in [5.74, 6) is 1.02. The molecule has 0 aliphatic carbocycles. The maximum absolute atomic E-state index is 12.7. The maximum atomic E-state index is 12.7. The van der Waals surface area contributed by atoms with E-state index in [1.54, 1.807) is 14.0 Å². The van der Waals surface area contributed by atoms with Crippen molar-refractivity contribution >= 4 is 29.9 Å². The van der Waals surface area contributed by atoms with Crippen molar-refractivity contribution in [2.45, 2.75) is 51.9 Å². The molecule has 2 atom stereocenters. The van der Waals surface area contributed by atoms with E-state index < -0.39 is 12.7 Å². The summed E-state index contributed by atoms with van der Waals surface area (Å²) < 4.78 is 38.2. The van der Waals surface area contributed by atoms with E-state index in [0.717, 1.165) is 25.5 Å². The normalized spacial score (nSPS) is 18.6. The van der Waals surface area contributed by atoms with Gasteiger partial charge in [-0.05, 0) is 45.2 Å². The number of benzene rings is 1. The van der Waals surface area contributed by atoms with E-state index >= 15 is 0 Å². The van der Waals surface area contributed by atoms with Gasteiger partial charge in [0.25, 0.3) is 0 Å². The van der Waals surface area contributed by atoms with Crippen molar-refractivity contribution in [3.63, 3.8) is 0 Å². The fraction of sp³-hybridized carbons (Fsp3) is 0.696. The molecule has 2 unspecified atom stereocenters. The molecule has 184 valence electrons. The number of likely N-dealkylation sites (tertiary alicyclic amines) is 1. The van der Waals surface area contributed by atoms with Gasteiger partial charge in [0.05, 0.1) is 6.54 Å². The molecule has 5 nitrogen and oxygen atoms in total. The lowest BCUT2D eigenvalue weighted by Gasteiger charge is -2.33. The zero-order valence-corrected chi connectivity index (χ0v) is 22.2. The number of nitrogens with zero attached hydrogens (tertiary/aromatic N) is 3. The molecule has 2 N–H and O–H groups in total. The molecule has 1 aliphatic heterocycles. The maximum Gasteiger partial charge on any atom is 0.401 e. The van der Waals surface area contributed by atoms with Crippen molar-refractivity contribution in [3.8, 4) is 0 Å². The molecule has 1 aromatic carbocycles. The molecule has 1 saturated heterocycles. The van der Waals surface area contributed by atoms with Crippen LogP contribution in [0.4, 0.5) is 13.2 Å². The number of rotatable bonds is 9. The minimum absolute atomic E-state index is 0. The smallest absolute Gasteiger partial charge is 0.354 e. The largest absolute Gasteiger partial charge is 0.401 e. The number of alkyl halides is 3. The molecule has 0 radical (unpaired) electrons. The molecular formula is C23H39F3IN5. The first-order valence-electron chi connectivity index (χ1n) is 11.1. The second-order valence-corrected chi connectivity index (χ2v) is 9.10. The molecular weight excluding hydrogens is 530 g/mol. The summed E-state index contributed by atoms with van der Waals surface area (Å²) in [5.41, 5.74) is 1.07. The Labute approximate surface area is 208 Å². The highest BCUT2D eigenvalue weighted by atomic mass is 127. The molecule has 1 aliphatic rings. The summed E-state index contributed by atoms with van der Waals surface area (Å²) >= 11 is 0. The van der Waals surface area contributed by atoms with Gasteiger partial charge >= 0.3 is 6.18 Å². The predicted molar refractivity (Wildman–Crippen MR) is 137 cm³/mol. The molecule has 0 saturated carbocycles. The standard InChI is InChI=1S/C23H38F3N5.HI/c1-6-30(17-23(24,25)26)14-19-12-13-31(15-19)21(27-5)28-16-22(3,4)29-18(2)20-10-8-7-9-11-20;/h7-11,18-19,29H,6,12-17H2,1-5H3,(H,27,28);1H. The Morgan fingerprint density at radius 1 is 1.25 bits per heavy atom. The van der Waals surface area contributed by atoms with Crippen LogP contribution in [-0.4, -0.2) is 73.8 Å². The highest BCUT2D eigenvalue weighted by Crippen LogP contribution is 2.22. The second kappa shape index (κ2) is 13.0. The summed E-state index contributed by atoms with van der Waals surface area (Å²) in [5, 5.41) is 7.11. The van der Waals surface area contributed by atoms with Gasteiger partial charge in [0.15, 0.2) is 5.96 Å². The number of hydrogen-bond acceptors (Lipinski definition) is 3. The van der Waals surface area contributed by atoms with Crippen LogP contribution < -0.4 is 10.6 Å². The van der Waals surface area contributed by atoms with Gasteiger partial charge in [0.1, 0.15) is 0 Å². The van der Waals surface area contributed by atoms with Crippen LogP contribution in [-0.2, 0) is 0 Å². The molecule has 0 bridgehead atoms. The van der Waals surface area contributed by atoms with Gasteiger partial charge < -0.3 is 15.5 Å². The average Bonchev–Trinajstić information content (AvgIpc) is 3.15. The van der Waals surface area contributed by atoms with Crippen LogP contribution in [0.1, 0.15) is 45.7 Å². The fourth-order valence-corrected chi connectivity index (χ4v) is 4.19. The number of aliphatic imine (C=N–C) groups is 1. The van der Waals surface area contributed by atoms with Crippen molar-refractivity contribution in [2.24, 2.45) is 10.9 Å². The quantitative estimate of drug-likeness (QED) is 0.261. The van der Waals surface area contributed by atoms with E-state index in [1.165, 1.54) is 10.5 Å². The van der Waals surface area contributed by atoms with Crippen molar-refractivity contribution < 1.29 is 13.2 Å². The minimum atomic E-state index is -4.15. The predicted octanol–water partition coefficient (Wildman–Crippen LogP) is 4.52. The topological polar surface area (TPSA) is 42.9 Å². The third-order valence-corrected chi connectivity index (χ3v) is 5.76. The molecule has 32 heavy (non-hydrogen) atoms. The lowest BCUT2D eigenvalue weighted by Crippen LogP contribution is -2.52. The zero-order chi connectivity index (χ0) is 23.1. The summed E-state index contributed by atoms with van der Waals surface area (Å²) in [6.07, 6.45) is -3.27. The van der Waals surface area contributed by atoms with Crippen LogP contribution in [0.15, 0.2) is 35.3 Å². The van der Waals surface area contributed by atoms with Gasteiger partial charge in [0.2, 0.25) is 0 Å². The average molecular weight is 569 g/mol. The van der Waals surface area contributed by atoms with Crippen molar-refractivity contribution in [1.82, 2.24) is 20.4 Å². The minimum Gasteiger partial charge on any atom is -0.354 e. The summed E-state index contributed by atoms with van der Waals surface area (Å²) in [7, 11) is 1.75. The molecule has 1 heterocycles. The molecule has 0 amide bonds. The lowest BCUT2D eigenvalue weighted by atomic mass is 10.0. The second-order valence-electron chi connectivity index (χ2n) is 9.10. The van der Waals surface area contributed by atoms with Crippen LogP contribution in [0.25, 0.3) is 0 Å². The number of guanidine groups is 1. The van der Waals surface area contributed by atoms with Gasteiger partial charge in [0, 0.05) is 44.8 Å². The van der Waals surface area contributed by atoms with E-state index in [4.69, 9.17) is 0 Å². The SMILES string of the molecule is CCN(CC1CCN(C(=NC)NCC(C)(C)NC(C)c2ccccc2)C1)CC(F)(F)F.I. The lowest BCUT2D eigenvalue weighted by molar-refractivity contribution is -0.146. The van der Waals surface area contributed by atoms with E-state index in [0.29, 0.717) is 19.6 Å². The Kier molecular flexibility index (Phi) is 11.7. The Morgan fingerprint density at radius 2 is 1.91 bits per heavy atom. The highest BCUT2D eigenvalue weighted by molar-refractivity contribution is 14.0.